The average Bonchev–Trinajstić information content (AvgIpc) is 2.41. The molecule has 1 aromatic rings. The Morgan fingerprint density at radius 1 is 1.25 bits per heavy atom. The number of aryl methyl sites for hydroxylation is 2. The van der Waals surface area contributed by atoms with Crippen LogP contribution in [-0.4, -0.2) is 6.10 Å². The van der Waals surface area contributed by atoms with Crippen LogP contribution in [0.3, 0.4) is 0 Å². The Bertz CT molecular complexity index is 284. The number of hydrogen-bond acceptors (Lipinski definition) is 1. The average molecular weight is 162 g/mol. The monoisotopic (exact) mass is 162 g/mol. The van der Waals surface area contributed by atoms with Gasteiger partial charge in [0.25, 0.3) is 0 Å². The smallest absolute Gasteiger partial charge is 0.126 e. The van der Waals surface area contributed by atoms with Gasteiger partial charge in [-0.05, 0) is 31.9 Å². The first-order chi connectivity index (χ1) is 5.68. The molecule has 1 aliphatic heterocycles. The Morgan fingerprint density at radius 2 is 1.92 bits per heavy atom. The maximum atomic E-state index is 5.72. The van der Waals surface area contributed by atoms with Gasteiger partial charge < -0.3 is 4.74 Å². The van der Waals surface area contributed by atoms with E-state index in [1.54, 1.807) is 0 Å². The lowest BCUT2D eigenvalue weighted by molar-refractivity contribution is 0.253. The lowest BCUT2D eigenvalue weighted by Crippen LogP contribution is -2.05. The molecule has 1 unspecified atom stereocenters. The van der Waals surface area contributed by atoms with Crippen LogP contribution in [0.15, 0.2) is 12.1 Å². The van der Waals surface area contributed by atoms with Crippen molar-refractivity contribution in [2.24, 2.45) is 0 Å². The number of rotatable bonds is 0. The second-order valence-electron chi connectivity index (χ2n) is 3.64. The quantitative estimate of drug-likeness (QED) is 0.569. The van der Waals surface area contributed by atoms with Crippen LogP contribution in [0.1, 0.15) is 23.6 Å². The number of hydrogen-bond donors (Lipinski definition) is 0. The highest BCUT2D eigenvalue weighted by atomic mass is 16.5. The minimum atomic E-state index is 0.361. The van der Waals surface area contributed by atoms with Crippen LogP contribution in [0.4, 0.5) is 0 Å². The maximum Gasteiger partial charge on any atom is 0.126 e. The molecule has 1 heterocycles. The third kappa shape index (κ3) is 1.01. The van der Waals surface area contributed by atoms with Crippen molar-refractivity contribution in [1.29, 1.82) is 0 Å². The van der Waals surface area contributed by atoms with Gasteiger partial charge in [0.2, 0.25) is 0 Å². The molecule has 1 aliphatic rings. The zero-order valence-electron chi connectivity index (χ0n) is 7.85. The summed E-state index contributed by atoms with van der Waals surface area (Å²) in [6, 6.07) is 4.31. The van der Waals surface area contributed by atoms with Gasteiger partial charge in [0, 0.05) is 12.0 Å². The Morgan fingerprint density at radius 3 is 2.58 bits per heavy atom. The molecule has 0 aromatic heterocycles. The van der Waals surface area contributed by atoms with Crippen molar-refractivity contribution in [2.45, 2.75) is 33.3 Å². The summed E-state index contributed by atoms with van der Waals surface area (Å²) in [6.45, 7) is 6.38. The second-order valence-corrected chi connectivity index (χ2v) is 3.64. The highest BCUT2D eigenvalue weighted by Crippen LogP contribution is 2.34. The van der Waals surface area contributed by atoms with Crippen LogP contribution in [0.5, 0.6) is 5.75 Å². The van der Waals surface area contributed by atoms with Crippen LogP contribution in [0.25, 0.3) is 0 Å². The molecule has 0 radical (unpaired) electrons. The van der Waals surface area contributed by atoms with Crippen molar-refractivity contribution in [3.63, 3.8) is 0 Å². The fraction of sp³-hybridized carbons (Fsp3) is 0.455. The first-order valence-electron chi connectivity index (χ1n) is 4.44. The summed E-state index contributed by atoms with van der Waals surface area (Å²) in [7, 11) is 0. The van der Waals surface area contributed by atoms with Gasteiger partial charge in [-0.3, -0.25) is 0 Å². The van der Waals surface area contributed by atoms with Gasteiger partial charge in [-0.25, -0.2) is 0 Å². The van der Waals surface area contributed by atoms with E-state index in [-0.39, 0.29) is 0 Å². The van der Waals surface area contributed by atoms with Crippen LogP contribution in [0, 0.1) is 13.8 Å². The number of benzene rings is 1. The van der Waals surface area contributed by atoms with E-state index in [2.05, 4.69) is 32.9 Å². The molecule has 0 spiro atoms. The molecule has 1 aromatic carbocycles. The molecule has 0 bridgehead atoms. The van der Waals surface area contributed by atoms with Crippen LogP contribution < -0.4 is 4.74 Å². The number of fused-ring (bicyclic) bond motifs is 1. The lowest BCUT2D eigenvalue weighted by Gasteiger charge is -2.06. The first-order valence-corrected chi connectivity index (χ1v) is 4.44. The Hall–Kier alpha value is -0.980. The van der Waals surface area contributed by atoms with Crippen molar-refractivity contribution in [3.05, 3.63) is 28.8 Å². The number of ether oxygens (including phenoxy) is 1. The van der Waals surface area contributed by atoms with Gasteiger partial charge in [0.05, 0.1) is 0 Å². The van der Waals surface area contributed by atoms with Gasteiger partial charge in [-0.15, -0.1) is 0 Å². The standard InChI is InChI=1S/C11H14O/c1-7-4-5-8(2)11-10(7)6-9(3)12-11/h4-5,9H,6H2,1-3H3. The molecule has 1 heteroatoms. The third-order valence-electron chi connectivity index (χ3n) is 2.50. The largest absolute Gasteiger partial charge is 0.490 e. The molecule has 12 heavy (non-hydrogen) atoms. The molecular weight excluding hydrogens is 148 g/mol. The summed E-state index contributed by atoms with van der Waals surface area (Å²) in [4.78, 5) is 0. The minimum absolute atomic E-state index is 0.361. The first kappa shape index (κ1) is 7.66. The SMILES string of the molecule is Cc1ccc(C)c2c1CC(C)O2. The van der Waals surface area contributed by atoms with E-state index in [0.717, 1.165) is 12.2 Å². The van der Waals surface area contributed by atoms with Gasteiger partial charge in [-0.1, -0.05) is 12.1 Å². The molecule has 2 rings (SSSR count). The highest BCUT2D eigenvalue weighted by Gasteiger charge is 2.21. The Balaban J connectivity index is 2.56. The van der Waals surface area contributed by atoms with Crippen LogP contribution in [0.2, 0.25) is 0 Å². The zero-order valence-corrected chi connectivity index (χ0v) is 7.85. The lowest BCUT2D eigenvalue weighted by atomic mass is 10.0. The molecule has 0 saturated carbocycles. The summed E-state index contributed by atoms with van der Waals surface area (Å²) in [5, 5.41) is 0. The van der Waals surface area contributed by atoms with Crippen molar-refractivity contribution in [3.8, 4) is 5.75 Å². The molecule has 0 amide bonds. The minimum Gasteiger partial charge on any atom is -0.490 e. The van der Waals surface area contributed by atoms with Crippen molar-refractivity contribution >= 4 is 0 Å². The van der Waals surface area contributed by atoms with Gasteiger partial charge in [0.15, 0.2) is 0 Å². The normalized spacial score (nSPS) is 20.4. The summed E-state index contributed by atoms with van der Waals surface area (Å²) in [6.07, 6.45) is 1.43. The summed E-state index contributed by atoms with van der Waals surface area (Å²) in [5.74, 6) is 1.13. The predicted molar refractivity (Wildman–Crippen MR) is 49.7 cm³/mol. The summed E-state index contributed by atoms with van der Waals surface area (Å²) < 4.78 is 5.72. The maximum absolute atomic E-state index is 5.72. The molecule has 0 fully saturated rings. The molecular formula is C11H14O. The fourth-order valence-corrected chi connectivity index (χ4v) is 1.79. The van der Waals surface area contributed by atoms with E-state index in [0.29, 0.717) is 6.10 Å². The molecule has 1 atom stereocenters. The van der Waals surface area contributed by atoms with Gasteiger partial charge in [0.1, 0.15) is 11.9 Å². The highest BCUT2D eigenvalue weighted by molar-refractivity contribution is 5.48. The van der Waals surface area contributed by atoms with Gasteiger partial charge >= 0.3 is 0 Å². The van der Waals surface area contributed by atoms with Gasteiger partial charge in [-0.2, -0.15) is 0 Å². The third-order valence-corrected chi connectivity index (χ3v) is 2.50. The molecule has 0 aliphatic carbocycles. The molecule has 64 valence electrons. The van der Waals surface area contributed by atoms with E-state index < -0.39 is 0 Å². The van der Waals surface area contributed by atoms with E-state index in [1.807, 2.05) is 0 Å². The van der Waals surface area contributed by atoms with E-state index >= 15 is 0 Å². The molecule has 1 nitrogen and oxygen atoms in total. The van der Waals surface area contributed by atoms with E-state index in [1.165, 1.54) is 16.7 Å². The Labute approximate surface area is 73.4 Å². The molecule has 0 saturated heterocycles. The van der Waals surface area contributed by atoms with Crippen LogP contribution >= 0.6 is 0 Å². The Kier molecular flexibility index (Phi) is 1.60. The predicted octanol–water partition coefficient (Wildman–Crippen LogP) is 2.63. The molecule has 0 N–H and O–H groups in total. The fourth-order valence-electron chi connectivity index (χ4n) is 1.79. The van der Waals surface area contributed by atoms with Crippen LogP contribution in [-0.2, 0) is 6.42 Å². The van der Waals surface area contributed by atoms with E-state index in [9.17, 15) is 0 Å². The second kappa shape index (κ2) is 2.51. The topological polar surface area (TPSA) is 9.23 Å². The van der Waals surface area contributed by atoms with Crippen molar-refractivity contribution in [2.75, 3.05) is 0 Å². The zero-order chi connectivity index (χ0) is 8.72. The van der Waals surface area contributed by atoms with Crippen molar-refractivity contribution < 1.29 is 4.74 Å². The van der Waals surface area contributed by atoms with Crippen molar-refractivity contribution in [1.82, 2.24) is 0 Å². The summed E-state index contributed by atoms with van der Waals surface area (Å²) in [5.41, 5.74) is 4.03. The van der Waals surface area contributed by atoms with E-state index in [4.69, 9.17) is 4.74 Å². The summed E-state index contributed by atoms with van der Waals surface area (Å²) >= 11 is 0.